The fourth-order valence-electron chi connectivity index (χ4n) is 3.04. The molecule has 1 N–H and O–H groups in total. The number of aryl methyl sites for hydroxylation is 2. The summed E-state index contributed by atoms with van der Waals surface area (Å²) in [7, 11) is 0. The highest BCUT2D eigenvalue weighted by Crippen LogP contribution is 2.45. The summed E-state index contributed by atoms with van der Waals surface area (Å²) in [5.74, 6) is 1.70. The summed E-state index contributed by atoms with van der Waals surface area (Å²) in [6.07, 6.45) is 4.38. The normalized spacial score (nSPS) is 23.2. The van der Waals surface area contributed by atoms with Crippen LogP contribution in [0.1, 0.15) is 55.3 Å². The number of hydrogen-bond acceptors (Lipinski definition) is 6. The maximum Gasteiger partial charge on any atom is 0.179 e. The van der Waals surface area contributed by atoms with Crippen LogP contribution >= 0.6 is 22.7 Å². The number of carbonyl (C=O) groups is 1. The smallest absolute Gasteiger partial charge is 0.179 e. The van der Waals surface area contributed by atoms with Gasteiger partial charge in [0.2, 0.25) is 0 Å². The molecule has 0 spiro atoms. The molecule has 0 amide bonds. The van der Waals surface area contributed by atoms with Crippen LogP contribution in [0.15, 0.2) is 6.07 Å². The zero-order chi connectivity index (χ0) is 16.0. The maximum absolute atomic E-state index is 12.5. The number of nitrogens with zero attached hydrogens (tertiary/aromatic N) is 2. The van der Waals surface area contributed by atoms with Crippen molar-refractivity contribution in [1.82, 2.24) is 15.5 Å². The molecule has 4 nitrogen and oxygen atoms in total. The van der Waals surface area contributed by atoms with E-state index in [9.17, 15) is 4.79 Å². The van der Waals surface area contributed by atoms with Gasteiger partial charge in [-0.15, -0.1) is 32.9 Å². The average molecular weight is 348 g/mol. The van der Waals surface area contributed by atoms with Gasteiger partial charge in [-0.2, -0.15) is 0 Å². The summed E-state index contributed by atoms with van der Waals surface area (Å²) in [4.78, 5) is 14.6. The maximum atomic E-state index is 12.5. The fraction of sp³-hybridized carbons (Fsp3) is 0.588. The average Bonchev–Trinajstić information content (AvgIpc) is 3.41. The largest absolute Gasteiger partial charge is 0.313 e. The Bertz CT molecular complexity index is 732. The summed E-state index contributed by atoms with van der Waals surface area (Å²) in [5, 5.41) is 13.5. The van der Waals surface area contributed by atoms with Crippen molar-refractivity contribution in [3.05, 3.63) is 31.4 Å². The van der Waals surface area contributed by atoms with Crippen LogP contribution in [0.4, 0.5) is 0 Å². The second-order valence-corrected chi connectivity index (χ2v) is 9.26. The van der Waals surface area contributed by atoms with Crippen molar-refractivity contribution in [2.45, 2.75) is 51.5 Å². The molecule has 0 bridgehead atoms. The van der Waals surface area contributed by atoms with Gasteiger partial charge in [0.25, 0.3) is 0 Å². The standard InChI is InChI=1S/C17H21N3OS2/c1-9-12(13-5-14(13)18-8-11-3-4-11)6-16(22-9)15(21)7-17-20-19-10(2)23-17/h6,11,13-14,18H,3-5,7-8H2,1-2H3/t13-,14+/m0/s1. The van der Waals surface area contributed by atoms with Crippen molar-refractivity contribution in [2.75, 3.05) is 6.54 Å². The van der Waals surface area contributed by atoms with E-state index in [-0.39, 0.29) is 5.78 Å². The molecule has 0 unspecified atom stereocenters. The van der Waals surface area contributed by atoms with Gasteiger partial charge < -0.3 is 5.32 Å². The van der Waals surface area contributed by atoms with Crippen LogP contribution < -0.4 is 5.32 Å². The molecule has 0 aromatic carbocycles. The summed E-state index contributed by atoms with van der Waals surface area (Å²) < 4.78 is 0. The van der Waals surface area contributed by atoms with E-state index < -0.39 is 0 Å². The summed E-state index contributed by atoms with van der Waals surface area (Å²) in [6, 6.07) is 2.75. The third-order valence-electron chi connectivity index (χ3n) is 4.67. The number of Topliss-reactive ketones (excluding diaryl/α,β-unsaturated/α-hetero) is 1. The molecule has 0 aliphatic heterocycles. The monoisotopic (exact) mass is 347 g/mol. The molecule has 2 saturated carbocycles. The first-order valence-electron chi connectivity index (χ1n) is 8.26. The highest BCUT2D eigenvalue weighted by Gasteiger charge is 2.40. The molecule has 2 aromatic heterocycles. The highest BCUT2D eigenvalue weighted by molar-refractivity contribution is 7.14. The van der Waals surface area contributed by atoms with Gasteiger partial charge in [0, 0.05) is 16.8 Å². The quantitative estimate of drug-likeness (QED) is 0.779. The van der Waals surface area contributed by atoms with Crippen LogP contribution in [-0.2, 0) is 6.42 Å². The third kappa shape index (κ3) is 3.54. The lowest BCUT2D eigenvalue weighted by Gasteiger charge is -2.02. The lowest BCUT2D eigenvalue weighted by atomic mass is 10.1. The lowest BCUT2D eigenvalue weighted by Crippen LogP contribution is -2.20. The Morgan fingerprint density at radius 2 is 2.13 bits per heavy atom. The number of carbonyl (C=O) groups excluding carboxylic acids is 1. The molecule has 6 heteroatoms. The molecular weight excluding hydrogens is 326 g/mol. The molecule has 2 aliphatic carbocycles. The minimum Gasteiger partial charge on any atom is -0.313 e. The van der Waals surface area contributed by atoms with E-state index >= 15 is 0 Å². The van der Waals surface area contributed by atoms with Gasteiger partial charge in [-0.3, -0.25) is 4.79 Å². The van der Waals surface area contributed by atoms with Gasteiger partial charge in [0.1, 0.15) is 10.0 Å². The van der Waals surface area contributed by atoms with E-state index in [4.69, 9.17) is 0 Å². The van der Waals surface area contributed by atoms with Gasteiger partial charge in [-0.05, 0) is 57.2 Å². The Morgan fingerprint density at radius 1 is 1.30 bits per heavy atom. The molecule has 0 saturated heterocycles. The molecular formula is C17H21N3OS2. The number of nitrogens with one attached hydrogen (secondary N) is 1. The van der Waals surface area contributed by atoms with Gasteiger partial charge in [-0.25, -0.2) is 0 Å². The second-order valence-electron chi connectivity index (χ2n) is 6.74. The van der Waals surface area contributed by atoms with Crippen LogP contribution in [0, 0.1) is 19.8 Å². The first kappa shape index (κ1) is 15.4. The van der Waals surface area contributed by atoms with Crippen LogP contribution in [0.2, 0.25) is 0 Å². The lowest BCUT2D eigenvalue weighted by molar-refractivity contribution is 0.0996. The molecule has 2 heterocycles. The van der Waals surface area contributed by atoms with Crippen molar-refractivity contribution in [3.8, 4) is 0 Å². The highest BCUT2D eigenvalue weighted by atomic mass is 32.1. The third-order valence-corrected chi connectivity index (χ3v) is 6.61. The van der Waals surface area contributed by atoms with Gasteiger partial charge in [0.15, 0.2) is 5.78 Å². The summed E-state index contributed by atoms with van der Waals surface area (Å²) in [5.41, 5.74) is 1.38. The first-order valence-corrected chi connectivity index (χ1v) is 9.89. The molecule has 4 rings (SSSR count). The number of ketones is 1. The molecule has 2 fully saturated rings. The predicted molar refractivity (Wildman–Crippen MR) is 93.6 cm³/mol. The first-order chi connectivity index (χ1) is 11.1. The molecule has 2 aromatic rings. The topological polar surface area (TPSA) is 54.9 Å². The van der Waals surface area contributed by atoms with Gasteiger partial charge in [-0.1, -0.05) is 0 Å². The Morgan fingerprint density at radius 3 is 2.83 bits per heavy atom. The fourth-order valence-corrected chi connectivity index (χ4v) is 4.78. The van der Waals surface area contributed by atoms with Gasteiger partial charge >= 0.3 is 0 Å². The molecule has 23 heavy (non-hydrogen) atoms. The van der Waals surface area contributed by atoms with E-state index in [1.54, 1.807) is 11.3 Å². The number of thiophene rings is 1. The van der Waals surface area contributed by atoms with Crippen LogP contribution in [0.25, 0.3) is 0 Å². The van der Waals surface area contributed by atoms with Crippen LogP contribution in [-0.4, -0.2) is 28.6 Å². The van der Waals surface area contributed by atoms with Crippen LogP contribution in [0.3, 0.4) is 0 Å². The minimum absolute atomic E-state index is 0.170. The van der Waals surface area contributed by atoms with E-state index in [2.05, 4.69) is 28.5 Å². The number of aromatic nitrogens is 2. The molecule has 2 atom stereocenters. The zero-order valence-corrected chi connectivity index (χ0v) is 15.1. The Balaban J connectivity index is 1.39. The zero-order valence-electron chi connectivity index (χ0n) is 13.5. The predicted octanol–water partition coefficient (Wildman–Crippen LogP) is 3.50. The van der Waals surface area contributed by atoms with Crippen molar-refractivity contribution in [3.63, 3.8) is 0 Å². The Labute approximate surface area is 144 Å². The van der Waals surface area contributed by atoms with E-state index in [0.29, 0.717) is 18.4 Å². The summed E-state index contributed by atoms with van der Waals surface area (Å²) >= 11 is 3.14. The van der Waals surface area contributed by atoms with E-state index in [1.165, 1.54) is 47.6 Å². The van der Waals surface area contributed by atoms with E-state index in [1.807, 2.05) is 6.92 Å². The van der Waals surface area contributed by atoms with Crippen molar-refractivity contribution < 1.29 is 4.79 Å². The molecule has 122 valence electrons. The number of rotatable bonds is 7. The minimum atomic E-state index is 0.170. The van der Waals surface area contributed by atoms with Crippen molar-refractivity contribution in [1.29, 1.82) is 0 Å². The van der Waals surface area contributed by atoms with E-state index in [0.717, 1.165) is 20.8 Å². The summed E-state index contributed by atoms with van der Waals surface area (Å²) in [6.45, 7) is 5.23. The van der Waals surface area contributed by atoms with Gasteiger partial charge in [0.05, 0.1) is 11.3 Å². The number of hydrogen-bond donors (Lipinski definition) is 1. The Hall–Kier alpha value is -1.11. The molecule has 2 aliphatic rings. The van der Waals surface area contributed by atoms with Crippen molar-refractivity contribution >= 4 is 28.5 Å². The molecule has 0 radical (unpaired) electrons. The van der Waals surface area contributed by atoms with Crippen LogP contribution in [0.5, 0.6) is 0 Å². The second kappa shape index (κ2) is 6.07. The van der Waals surface area contributed by atoms with Crippen molar-refractivity contribution in [2.24, 2.45) is 5.92 Å². The Kier molecular flexibility index (Phi) is 4.07. The SMILES string of the molecule is Cc1nnc(CC(=O)c2cc([C@@H]3C[C@H]3NCC3CC3)c(C)s2)s1.